The molecule has 1 fully saturated rings. The van der Waals surface area contributed by atoms with Gasteiger partial charge in [-0.05, 0) is 62.8 Å². The molecule has 0 spiro atoms. The summed E-state index contributed by atoms with van der Waals surface area (Å²) in [5.41, 5.74) is 2.75. The lowest BCUT2D eigenvalue weighted by Crippen LogP contribution is -2.37. The predicted octanol–water partition coefficient (Wildman–Crippen LogP) is 3.12. The van der Waals surface area contributed by atoms with Gasteiger partial charge in [0.05, 0.1) is 6.54 Å². The van der Waals surface area contributed by atoms with Gasteiger partial charge in [-0.3, -0.25) is 4.57 Å². The number of nitrogens with zero attached hydrogens (tertiary/aromatic N) is 4. The lowest BCUT2D eigenvalue weighted by molar-refractivity contribution is 0.263. The van der Waals surface area contributed by atoms with Gasteiger partial charge >= 0.3 is 0 Å². The molecule has 0 unspecified atom stereocenters. The van der Waals surface area contributed by atoms with E-state index in [9.17, 15) is 4.39 Å². The SMILES string of the molecule is CN1CCC(Nc2nc3cccnc3n2Cc2ccc(F)cc2)CC1. The molecular weight excluding hydrogens is 317 g/mol. The molecule has 4 rings (SSSR count). The highest BCUT2D eigenvalue weighted by atomic mass is 19.1. The van der Waals surface area contributed by atoms with Crippen LogP contribution in [0.2, 0.25) is 0 Å². The topological polar surface area (TPSA) is 46.0 Å². The first-order valence-corrected chi connectivity index (χ1v) is 8.70. The van der Waals surface area contributed by atoms with Crippen LogP contribution in [0.15, 0.2) is 42.6 Å². The Morgan fingerprint density at radius 3 is 2.68 bits per heavy atom. The average Bonchev–Trinajstić information content (AvgIpc) is 2.96. The van der Waals surface area contributed by atoms with Crippen molar-refractivity contribution in [1.82, 2.24) is 19.4 Å². The highest BCUT2D eigenvalue weighted by Gasteiger charge is 2.20. The van der Waals surface area contributed by atoms with Gasteiger partial charge in [-0.2, -0.15) is 0 Å². The lowest BCUT2D eigenvalue weighted by Gasteiger charge is -2.29. The normalized spacial score (nSPS) is 16.4. The molecule has 0 atom stereocenters. The molecule has 3 aromatic rings. The van der Waals surface area contributed by atoms with Crippen LogP contribution in [-0.4, -0.2) is 45.6 Å². The van der Waals surface area contributed by atoms with Gasteiger partial charge in [0.15, 0.2) is 5.65 Å². The third-order valence-electron chi connectivity index (χ3n) is 4.81. The van der Waals surface area contributed by atoms with Crippen LogP contribution in [-0.2, 0) is 6.54 Å². The molecule has 0 bridgehead atoms. The maximum Gasteiger partial charge on any atom is 0.205 e. The fourth-order valence-electron chi connectivity index (χ4n) is 3.33. The number of aromatic nitrogens is 3. The minimum atomic E-state index is -0.220. The van der Waals surface area contributed by atoms with Crippen molar-refractivity contribution in [3.05, 3.63) is 54.0 Å². The van der Waals surface area contributed by atoms with Crippen LogP contribution in [0.25, 0.3) is 11.2 Å². The molecule has 0 radical (unpaired) electrons. The zero-order valence-electron chi connectivity index (χ0n) is 14.3. The molecular formula is C19H22FN5. The third-order valence-corrected chi connectivity index (χ3v) is 4.81. The van der Waals surface area contributed by atoms with Crippen LogP contribution < -0.4 is 5.32 Å². The monoisotopic (exact) mass is 339 g/mol. The van der Waals surface area contributed by atoms with Crippen LogP contribution in [0, 0.1) is 5.82 Å². The van der Waals surface area contributed by atoms with Crippen LogP contribution >= 0.6 is 0 Å². The zero-order chi connectivity index (χ0) is 17.2. The molecule has 3 heterocycles. The van der Waals surface area contributed by atoms with Crippen molar-refractivity contribution in [2.45, 2.75) is 25.4 Å². The molecule has 0 aliphatic carbocycles. The molecule has 1 aliphatic heterocycles. The van der Waals surface area contributed by atoms with Crippen molar-refractivity contribution in [2.24, 2.45) is 0 Å². The van der Waals surface area contributed by atoms with E-state index in [1.54, 1.807) is 6.20 Å². The van der Waals surface area contributed by atoms with E-state index < -0.39 is 0 Å². The summed E-state index contributed by atoms with van der Waals surface area (Å²) in [5.74, 6) is 0.620. The Labute approximate surface area is 146 Å². The Kier molecular flexibility index (Phi) is 4.36. The standard InChI is InChI=1S/C19H22FN5/c1-24-11-8-16(9-12-24)22-19-23-17-3-2-10-21-18(17)25(19)13-14-4-6-15(20)7-5-14/h2-7,10,16H,8-9,11-13H2,1H3,(H,22,23). The molecule has 6 heteroatoms. The Hall–Kier alpha value is -2.47. The van der Waals surface area contributed by atoms with E-state index in [-0.39, 0.29) is 5.82 Å². The lowest BCUT2D eigenvalue weighted by atomic mass is 10.1. The molecule has 0 saturated carbocycles. The van der Waals surface area contributed by atoms with Gasteiger partial charge in [-0.1, -0.05) is 12.1 Å². The number of rotatable bonds is 4. The Morgan fingerprint density at radius 1 is 1.16 bits per heavy atom. The number of anilines is 1. The smallest absolute Gasteiger partial charge is 0.205 e. The third kappa shape index (κ3) is 3.49. The Morgan fingerprint density at radius 2 is 1.92 bits per heavy atom. The maximum atomic E-state index is 13.2. The van der Waals surface area contributed by atoms with Crippen LogP contribution in [0.5, 0.6) is 0 Å². The molecule has 1 N–H and O–H groups in total. The van der Waals surface area contributed by atoms with Crippen LogP contribution in [0.4, 0.5) is 10.3 Å². The minimum absolute atomic E-state index is 0.220. The summed E-state index contributed by atoms with van der Waals surface area (Å²) in [6.45, 7) is 2.80. The number of likely N-dealkylation sites (tertiary alicyclic amines) is 1. The number of imidazole rings is 1. The van der Waals surface area contributed by atoms with E-state index in [2.05, 4.69) is 26.8 Å². The van der Waals surface area contributed by atoms with Crippen LogP contribution in [0.3, 0.4) is 0 Å². The predicted molar refractivity (Wildman–Crippen MR) is 97.2 cm³/mol. The van der Waals surface area contributed by atoms with Crippen molar-refractivity contribution in [2.75, 3.05) is 25.5 Å². The number of piperidine rings is 1. The highest BCUT2D eigenvalue weighted by Crippen LogP contribution is 2.22. The van der Waals surface area contributed by atoms with Crippen molar-refractivity contribution >= 4 is 17.1 Å². The highest BCUT2D eigenvalue weighted by molar-refractivity contribution is 5.74. The largest absolute Gasteiger partial charge is 0.353 e. The van der Waals surface area contributed by atoms with Gasteiger partial charge < -0.3 is 10.2 Å². The zero-order valence-corrected chi connectivity index (χ0v) is 14.3. The van der Waals surface area contributed by atoms with Gasteiger partial charge in [0.1, 0.15) is 11.3 Å². The van der Waals surface area contributed by atoms with Crippen molar-refractivity contribution in [1.29, 1.82) is 0 Å². The first-order chi connectivity index (χ1) is 12.2. The summed E-state index contributed by atoms with van der Waals surface area (Å²) in [4.78, 5) is 11.6. The van der Waals surface area contributed by atoms with E-state index in [0.717, 1.165) is 48.6 Å². The average molecular weight is 339 g/mol. The second-order valence-electron chi connectivity index (χ2n) is 6.72. The molecule has 1 saturated heterocycles. The molecule has 2 aromatic heterocycles. The molecule has 1 aliphatic rings. The fourth-order valence-corrected chi connectivity index (χ4v) is 3.33. The van der Waals surface area contributed by atoms with Gasteiger partial charge in [0, 0.05) is 12.2 Å². The molecule has 0 amide bonds. The molecule has 130 valence electrons. The Balaban J connectivity index is 1.64. The van der Waals surface area contributed by atoms with E-state index >= 15 is 0 Å². The summed E-state index contributed by atoms with van der Waals surface area (Å²) in [7, 11) is 2.16. The first-order valence-electron chi connectivity index (χ1n) is 8.70. The van der Waals surface area contributed by atoms with Crippen LogP contribution in [0.1, 0.15) is 18.4 Å². The summed E-state index contributed by atoms with van der Waals surface area (Å²) in [5, 5.41) is 3.60. The number of fused-ring (bicyclic) bond motifs is 1. The minimum Gasteiger partial charge on any atom is -0.353 e. The first kappa shape index (κ1) is 16.0. The van der Waals surface area contributed by atoms with E-state index in [1.165, 1.54) is 12.1 Å². The summed E-state index contributed by atoms with van der Waals surface area (Å²) >= 11 is 0. The summed E-state index contributed by atoms with van der Waals surface area (Å²) < 4.78 is 15.3. The van der Waals surface area contributed by atoms with Gasteiger partial charge in [0.25, 0.3) is 0 Å². The number of halogens is 1. The quantitative estimate of drug-likeness (QED) is 0.793. The number of nitrogens with one attached hydrogen (secondary N) is 1. The molecule has 25 heavy (non-hydrogen) atoms. The van der Waals surface area contributed by atoms with E-state index in [1.807, 2.05) is 24.3 Å². The van der Waals surface area contributed by atoms with Gasteiger partial charge in [-0.25, -0.2) is 14.4 Å². The number of benzene rings is 1. The number of pyridine rings is 1. The van der Waals surface area contributed by atoms with Gasteiger partial charge in [0.2, 0.25) is 5.95 Å². The maximum absolute atomic E-state index is 13.2. The molecule has 1 aromatic carbocycles. The van der Waals surface area contributed by atoms with Gasteiger partial charge in [-0.15, -0.1) is 0 Å². The van der Waals surface area contributed by atoms with Crippen molar-refractivity contribution < 1.29 is 4.39 Å². The molecule has 5 nitrogen and oxygen atoms in total. The number of hydrogen-bond donors (Lipinski definition) is 1. The number of hydrogen-bond acceptors (Lipinski definition) is 4. The second kappa shape index (κ2) is 6.80. The second-order valence-corrected chi connectivity index (χ2v) is 6.72. The fraction of sp³-hybridized carbons (Fsp3) is 0.368. The van der Waals surface area contributed by atoms with Crippen molar-refractivity contribution in [3.8, 4) is 0 Å². The van der Waals surface area contributed by atoms with E-state index in [4.69, 9.17) is 4.98 Å². The summed E-state index contributed by atoms with van der Waals surface area (Å²) in [6, 6.07) is 10.9. The summed E-state index contributed by atoms with van der Waals surface area (Å²) in [6.07, 6.45) is 3.98. The van der Waals surface area contributed by atoms with Crippen molar-refractivity contribution in [3.63, 3.8) is 0 Å². The Bertz CT molecular complexity index is 850. The van der Waals surface area contributed by atoms with E-state index in [0.29, 0.717) is 12.6 Å².